The predicted octanol–water partition coefficient (Wildman–Crippen LogP) is 2.06. The molecule has 0 amide bonds. The van der Waals surface area contributed by atoms with Crippen LogP contribution in [0.3, 0.4) is 0 Å². The third-order valence-electron chi connectivity index (χ3n) is 2.61. The molecule has 0 aliphatic rings. The van der Waals surface area contributed by atoms with Gasteiger partial charge in [0.05, 0.1) is 12.6 Å². The molecular weight excluding hydrogens is 218 g/mol. The van der Waals surface area contributed by atoms with Gasteiger partial charge in [-0.25, -0.2) is 0 Å². The molecule has 1 atom stereocenters. The van der Waals surface area contributed by atoms with E-state index in [0.717, 1.165) is 18.4 Å². The zero-order valence-corrected chi connectivity index (χ0v) is 10.1. The molecule has 2 aromatic rings. The third kappa shape index (κ3) is 2.94. The molecule has 2 rings (SSSR count). The summed E-state index contributed by atoms with van der Waals surface area (Å²) in [5.41, 5.74) is 0.937. The summed E-state index contributed by atoms with van der Waals surface area (Å²) in [6, 6.07) is 1.92. The number of aryl methyl sites for hydroxylation is 1. The van der Waals surface area contributed by atoms with E-state index in [1.165, 1.54) is 0 Å². The summed E-state index contributed by atoms with van der Waals surface area (Å²) in [5.74, 6) is 1.22. The summed E-state index contributed by atoms with van der Waals surface area (Å²) in [6.07, 6.45) is 5.21. The topological polar surface area (TPSA) is 64.1 Å². The van der Waals surface area contributed by atoms with Crippen molar-refractivity contribution in [3.05, 3.63) is 35.7 Å². The van der Waals surface area contributed by atoms with Crippen molar-refractivity contribution in [3.63, 3.8) is 0 Å². The van der Waals surface area contributed by atoms with Crippen LogP contribution in [0.2, 0.25) is 0 Å². The van der Waals surface area contributed by atoms with Crippen LogP contribution in [-0.2, 0) is 6.54 Å². The fourth-order valence-electron chi connectivity index (χ4n) is 1.76. The molecule has 0 aliphatic heterocycles. The maximum Gasteiger partial charge on any atom is 0.223 e. The maximum atomic E-state index is 9.84. The van der Waals surface area contributed by atoms with Gasteiger partial charge in [-0.05, 0) is 18.1 Å². The lowest BCUT2D eigenvalue weighted by molar-refractivity contribution is 0.166. The van der Waals surface area contributed by atoms with E-state index >= 15 is 0 Å². The van der Waals surface area contributed by atoms with Crippen LogP contribution in [-0.4, -0.2) is 19.8 Å². The van der Waals surface area contributed by atoms with E-state index in [1.807, 2.05) is 23.0 Å². The van der Waals surface area contributed by atoms with Gasteiger partial charge in [0.2, 0.25) is 5.89 Å². The number of aromatic nitrogens is 3. The van der Waals surface area contributed by atoms with E-state index in [-0.39, 0.29) is 6.10 Å². The summed E-state index contributed by atoms with van der Waals surface area (Å²) < 4.78 is 6.85. The van der Waals surface area contributed by atoms with Gasteiger partial charge in [0.25, 0.3) is 0 Å². The van der Waals surface area contributed by atoms with E-state index in [2.05, 4.69) is 17.1 Å². The molecule has 5 nitrogen and oxygen atoms in total. The first-order valence-corrected chi connectivity index (χ1v) is 5.82. The molecule has 0 fully saturated rings. The lowest BCUT2D eigenvalue weighted by atomic mass is 10.1. The van der Waals surface area contributed by atoms with E-state index < -0.39 is 0 Å². The van der Waals surface area contributed by atoms with Gasteiger partial charge in [-0.2, -0.15) is 4.98 Å². The SMILES string of the molecule is CCCC(O)c1ccn(Cc2noc(C)n2)c1. The lowest BCUT2D eigenvalue weighted by Crippen LogP contribution is -1.99. The van der Waals surface area contributed by atoms with Crippen LogP contribution in [0.4, 0.5) is 0 Å². The lowest BCUT2D eigenvalue weighted by Gasteiger charge is -2.05. The first-order chi connectivity index (χ1) is 8.19. The molecule has 0 saturated heterocycles. The minimum absolute atomic E-state index is 0.381. The Kier molecular flexibility index (Phi) is 3.58. The standard InChI is InChI=1S/C12H17N3O2/c1-3-4-11(16)10-5-6-15(7-10)8-12-13-9(2)17-14-12/h5-7,11,16H,3-4,8H2,1-2H3. The smallest absolute Gasteiger partial charge is 0.223 e. The highest BCUT2D eigenvalue weighted by Gasteiger charge is 2.09. The normalized spacial score (nSPS) is 12.9. The Morgan fingerprint density at radius 3 is 3.00 bits per heavy atom. The number of rotatable bonds is 5. The van der Waals surface area contributed by atoms with Gasteiger partial charge in [-0.3, -0.25) is 0 Å². The van der Waals surface area contributed by atoms with Crippen molar-refractivity contribution in [1.29, 1.82) is 0 Å². The second-order valence-electron chi connectivity index (χ2n) is 4.15. The largest absolute Gasteiger partial charge is 0.388 e. The zero-order valence-electron chi connectivity index (χ0n) is 10.1. The fourth-order valence-corrected chi connectivity index (χ4v) is 1.76. The molecule has 1 N–H and O–H groups in total. The number of aliphatic hydroxyl groups is 1. The first-order valence-electron chi connectivity index (χ1n) is 5.82. The van der Waals surface area contributed by atoms with Gasteiger partial charge < -0.3 is 14.2 Å². The molecule has 0 spiro atoms. The Hall–Kier alpha value is -1.62. The average Bonchev–Trinajstić information content (AvgIpc) is 2.89. The molecular formula is C12H17N3O2. The van der Waals surface area contributed by atoms with Crippen LogP contribution in [0.25, 0.3) is 0 Å². The summed E-state index contributed by atoms with van der Waals surface area (Å²) in [5, 5.41) is 13.7. The van der Waals surface area contributed by atoms with Crippen molar-refractivity contribution < 1.29 is 9.63 Å². The van der Waals surface area contributed by atoms with E-state index in [0.29, 0.717) is 18.3 Å². The number of hydrogen-bond acceptors (Lipinski definition) is 4. The highest BCUT2D eigenvalue weighted by molar-refractivity contribution is 5.14. The summed E-state index contributed by atoms with van der Waals surface area (Å²) in [4.78, 5) is 4.14. The van der Waals surface area contributed by atoms with Crippen LogP contribution in [0, 0.1) is 6.92 Å². The third-order valence-corrected chi connectivity index (χ3v) is 2.61. The molecule has 2 aromatic heterocycles. The van der Waals surface area contributed by atoms with Crippen LogP contribution < -0.4 is 0 Å². The van der Waals surface area contributed by atoms with Gasteiger partial charge in [0.15, 0.2) is 5.82 Å². The van der Waals surface area contributed by atoms with Crippen LogP contribution in [0.1, 0.15) is 43.1 Å². The molecule has 2 heterocycles. The van der Waals surface area contributed by atoms with Gasteiger partial charge >= 0.3 is 0 Å². The Morgan fingerprint density at radius 1 is 1.53 bits per heavy atom. The Bertz CT molecular complexity index is 476. The van der Waals surface area contributed by atoms with Crippen LogP contribution >= 0.6 is 0 Å². The Morgan fingerprint density at radius 2 is 2.35 bits per heavy atom. The van der Waals surface area contributed by atoms with Gasteiger partial charge in [-0.1, -0.05) is 18.5 Å². The highest BCUT2D eigenvalue weighted by atomic mass is 16.5. The molecule has 0 aromatic carbocycles. The molecule has 5 heteroatoms. The Balaban J connectivity index is 2.03. The van der Waals surface area contributed by atoms with E-state index in [9.17, 15) is 5.11 Å². The minimum Gasteiger partial charge on any atom is -0.388 e. The highest BCUT2D eigenvalue weighted by Crippen LogP contribution is 2.18. The molecule has 0 radical (unpaired) electrons. The minimum atomic E-state index is -0.381. The second kappa shape index (κ2) is 5.14. The van der Waals surface area contributed by atoms with Crippen molar-refractivity contribution in [2.45, 2.75) is 39.3 Å². The molecule has 92 valence electrons. The fraction of sp³-hybridized carbons (Fsp3) is 0.500. The molecule has 0 aliphatic carbocycles. The quantitative estimate of drug-likeness (QED) is 0.861. The number of aliphatic hydroxyl groups excluding tert-OH is 1. The van der Waals surface area contributed by atoms with Crippen LogP contribution in [0.5, 0.6) is 0 Å². The van der Waals surface area contributed by atoms with Crippen molar-refractivity contribution in [2.24, 2.45) is 0 Å². The van der Waals surface area contributed by atoms with E-state index in [4.69, 9.17) is 4.52 Å². The predicted molar refractivity (Wildman–Crippen MR) is 62.4 cm³/mol. The van der Waals surface area contributed by atoms with Crippen molar-refractivity contribution >= 4 is 0 Å². The van der Waals surface area contributed by atoms with Crippen molar-refractivity contribution in [3.8, 4) is 0 Å². The number of hydrogen-bond donors (Lipinski definition) is 1. The van der Waals surface area contributed by atoms with Gasteiger partial charge in [0.1, 0.15) is 0 Å². The van der Waals surface area contributed by atoms with Gasteiger partial charge in [-0.15, -0.1) is 0 Å². The molecule has 0 saturated carbocycles. The summed E-state index contributed by atoms with van der Waals surface area (Å²) in [7, 11) is 0. The van der Waals surface area contributed by atoms with E-state index in [1.54, 1.807) is 6.92 Å². The van der Waals surface area contributed by atoms with Crippen molar-refractivity contribution in [1.82, 2.24) is 14.7 Å². The maximum absolute atomic E-state index is 9.84. The molecule has 0 bridgehead atoms. The number of nitrogens with zero attached hydrogens (tertiary/aromatic N) is 3. The molecule has 1 unspecified atom stereocenters. The Labute approximate surface area is 100 Å². The van der Waals surface area contributed by atoms with Crippen molar-refractivity contribution in [2.75, 3.05) is 0 Å². The zero-order chi connectivity index (χ0) is 12.3. The van der Waals surface area contributed by atoms with Crippen LogP contribution in [0.15, 0.2) is 23.0 Å². The second-order valence-corrected chi connectivity index (χ2v) is 4.15. The summed E-state index contributed by atoms with van der Waals surface area (Å²) >= 11 is 0. The van der Waals surface area contributed by atoms with Gasteiger partial charge in [0, 0.05) is 19.3 Å². The first kappa shape index (κ1) is 11.9. The average molecular weight is 235 g/mol. The summed E-state index contributed by atoms with van der Waals surface area (Å²) in [6.45, 7) is 4.39. The monoisotopic (exact) mass is 235 g/mol. The molecule has 17 heavy (non-hydrogen) atoms.